The molecule has 0 N–H and O–H groups in total. The van der Waals surface area contributed by atoms with E-state index in [9.17, 15) is 0 Å². The fourth-order valence-corrected chi connectivity index (χ4v) is 2.51. The van der Waals surface area contributed by atoms with Crippen molar-refractivity contribution in [2.75, 3.05) is 26.8 Å². The third kappa shape index (κ3) is 3.56. The summed E-state index contributed by atoms with van der Waals surface area (Å²) < 4.78 is 5.50. The minimum atomic E-state index is 0.637. The van der Waals surface area contributed by atoms with Crippen LogP contribution in [0.2, 0.25) is 0 Å². The first-order valence-electron chi connectivity index (χ1n) is 6.54. The number of hydrogen-bond donors (Lipinski definition) is 0. The van der Waals surface area contributed by atoms with E-state index >= 15 is 0 Å². The first-order chi connectivity index (χ1) is 8.79. The molecule has 0 bridgehead atoms. The van der Waals surface area contributed by atoms with Crippen molar-refractivity contribution in [3.05, 3.63) is 35.4 Å². The highest BCUT2D eigenvalue weighted by Crippen LogP contribution is 2.16. The number of rotatable bonds is 4. The summed E-state index contributed by atoms with van der Waals surface area (Å²) in [5, 5.41) is 9.06. The van der Waals surface area contributed by atoms with Crippen LogP contribution in [0.1, 0.15) is 24.0 Å². The van der Waals surface area contributed by atoms with Gasteiger partial charge in [0.2, 0.25) is 0 Å². The SMILES string of the molecule is CN(Cc1ccccc1C#N)CC1CCCOC1. The molecule has 0 saturated carbocycles. The summed E-state index contributed by atoms with van der Waals surface area (Å²) in [4.78, 5) is 2.29. The zero-order chi connectivity index (χ0) is 12.8. The van der Waals surface area contributed by atoms with Crippen molar-refractivity contribution >= 4 is 0 Å². The molecule has 1 aliphatic heterocycles. The summed E-state index contributed by atoms with van der Waals surface area (Å²) in [7, 11) is 2.11. The van der Waals surface area contributed by atoms with Crippen molar-refractivity contribution in [2.24, 2.45) is 5.92 Å². The summed E-state index contributed by atoms with van der Waals surface area (Å²) in [6.45, 7) is 3.67. The van der Waals surface area contributed by atoms with Crippen molar-refractivity contribution < 1.29 is 4.74 Å². The lowest BCUT2D eigenvalue weighted by Gasteiger charge is -2.27. The Bertz CT molecular complexity index is 419. The van der Waals surface area contributed by atoms with Crippen molar-refractivity contribution in [3.8, 4) is 6.07 Å². The minimum Gasteiger partial charge on any atom is -0.381 e. The van der Waals surface area contributed by atoms with Gasteiger partial charge in [-0.25, -0.2) is 0 Å². The molecule has 1 aliphatic rings. The summed E-state index contributed by atoms with van der Waals surface area (Å²) in [6.07, 6.45) is 2.43. The topological polar surface area (TPSA) is 36.3 Å². The van der Waals surface area contributed by atoms with Crippen LogP contribution < -0.4 is 0 Å². The standard InChI is InChI=1S/C15H20N2O/c1-17(10-13-5-4-8-18-12-13)11-15-7-3-2-6-14(15)9-16/h2-3,6-7,13H,4-5,8,10-12H2,1H3. The maximum atomic E-state index is 9.06. The van der Waals surface area contributed by atoms with E-state index in [0.29, 0.717) is 5.92 Å². The second-order valence-electron chi connectivity index (χ2n) is 5.05. The van der Waals surface area contributed by atoms with Crippen LogP contribution in [0.25, 0.3) is 0 Å². The molecule has 0 radical (unpaired) electrons. The molecule has 1 saturated heterocycles. The van der Waals surface area contributed by atoms with Gasteiger partial charge >= 0.3 is 0 Å². The molecule has 1 heterocycles. The van der Waals surface area contributed by atoms with Crippen molar-refractivity contribution in [1.29, 1.82) is 5.26 Å². The Morgan fingerprint density at radius 3 is 3.00 bits per heavy atom. The van der Waals surface area contributed by atoms with Crippen LogP contribution in [0, 0.1) is 17.2 Å². The molecular formula is C15H20N2O. The molecule has 18 heavy (non-hydrogen) atoms. The average Bonchev–Trinajstić information content (AvgIpc) is 2.40. The molecule has 1 unspecified atom stereocenters. The lowest BCUT2D eigenvalue weighted by Crippen LogP contribution is -2.30. The van der Waals surface area contributed by atoms with Gasteiger partial charge in [0, 0.05) is 19.7 Å². The summed E-state index contributed by atoms with van der Waals surface area (Å²) in [5.41, 5.74) is 1.89. The van der Waals surface area contributed by atoms with Gasteiger partial charge in [-0.3, -0.25) is 0 Å². The minimum absolute atomic E-state index is 0.637. The zero-order valence-electron chi connectivity index (χ0n) is 10.9. The van der Waals surface area contributed by atoms with E-state index in [2.05, 4.69) is 18.0 Å². The van der Waals surface area contributed by atoms with E-state index in [1.807, 2.05) is 24.3 Å². The molecule has 1 fully saturated rings. The number of benzene rings is 1. The predicted octanol–water partition coefficient (Wildman–Crippen LogP) is 2.42. The van der Waals surface area contributed by atoms with Crippen LogP contribution in [0.3, 0.4) is 0 Å². The Morgan fingerprint density at radius 2 is 2.28 bits per heavy atom. The van der Waals surface area contributed by atoms with E-state index in [1.165, 1.54) is 12.8 Å². The van der Waals surface area contributed by atoms with Crippen LogP contribution in [-0.4, -0.2) is 31.7 Å². The maximum absolute atomic E-state index is 9.06. The first-order valence-corrected chi connectivity index (χ1v) is 6.54. The van der Waals surface area contributed by atoms with Crippen LogP contribution in [0.4, 0.5) is 0 Å². The van der Waals surface area contributed by atoms with E-state index in [0.717, 1.165) is 37.4 Å². The number of ether oxygens (including phenoxy) is 1. The average molecular weight is 244 g/mol. The van der Waals surface area contributed by atoms with Crippen LogP contribution in [0.5, 0.6) is 0 Å². The van der Waals surface area contributed by atoms with Gasteiger partial charge in [0.15, 0.2) is 0 Å². The van der Waals surface area contributed by atoms with Crippen LogP contribution in [-0.2, 0) is 11.3 Å². The van der Waals surface area contributed by atoms with Gasteiger partial charge in [0.1, 0.15) is 0 Å². The van der Waals surface area contributed by atoms with Gasteiger partial charge in [-0.1, -0.05) is 18.2 Å². The highest BCUT2D eigenvalue weighted by atomic mass is 16.5. The van der Waals surface area contributed by atoms with E-state index < -0.39 is 0 Å². The smallest absolute Gasteiger partial charge is 0.0995 e. The highest BCUT2D eigenvalue weighted by molar-refractivity contribution is 5.37. The molecule has 96 valence electrons. The second kappa shape index (κ2) is 6.53. The Hall–Kier alpha value is -1.37. The van der Waals surface area contributed by atoms with E-state index in [-0.39, 0.29) is 0 Å². The third-order valence-electron chi connectivity index (χ3n) is 3.40. The van der Waals surface area contributed by atoms with Crippen LogP contribution >= 0.6 is 0 Å². The molecule has 1 atom stereocenters. The number of hydrogen-bond acceptors (Lipinski definition) is 3. The molecule has 0 aliphatic carbocycles. The van der Waals surface area contributed by atoms with Gasteiger partial charge in [0.25, 0.3) is 0 Å². The molecular weight excluding hydrogens is 224 g/mol. The Morgan fingerprint density at radius 1 is 1.44 bits per heavy atom. The Kier molecular flexibility index (Phi) is 4.74. The zero-order valence-corrected chi connectivity index (χ0v) is 10.9. The summed E-state index contributed by atoms with van der Waals surface area (Å²) in [5.74, 6) is 0.637. The normalized spacial score (nSPS) is 19.7. The van der Waals surface area contributed by atoms with Crippen molar-refractivity contribution in [3.63, 3.8) is 0 Å². The number of nitrogens with zero attached hydrogens (tertiary/aromatic N) is 2. The lowest BCUT2D eigenvalue weighted by atomic mass is 10.0. The van der Waals surface area contributed by atoms with Crippen molar-refractivity contribution in [1.82, 2.24) is 4.90 Å². The molecule has 0 spiro atoms. The van der Waals surface area contributed by atoms with Gasteiger partial charge in [-0.2, -0.15) is 5.26 Å². The summed E-state index contributed by atoms with van der Waals surface area (Å²) >= 11 is 0. The Balaban J connectivity index is 1.90. The van der Waals surface area contributed by atoms with Crippen molar-refractivity contribution in [2.45, 2.75) is 19.4 Å². The maximum Gasteiger partial charge on any atom is 0.0995 e. The Labute approximate surface area is 109 Å². The van der Waals surface area contributed by atoms with Gasteiger partial charge in [-0.15, -0.1) is 0 Å². The number of nitriles is 1. The van der Waals surface area contributed by atoms with Gasteiger partial charge in [0.05, 0.1) is 18.2 Å². The third-order valence-corrected chi connectivity index (χ3v) is 3.40. The largest absolute Gasteiger partial charge is 0.381 e. The molecule has 0 aromatic heterocycles. The second-order valence-corrected chi connectivity index (χ2v) is 5.05. The molecule has 3 nitrogen and oxygen atoms in total. The quantitative estimate of drug-likeness (QED) is 0.816. The van der Waals surface area contributed by atoms with E-state index in [1.54, 1.807) is 0 Å². The summed E-state index contributed by atoms with van der Waals surface area (Å²) in [6, 6.07) is 10.1. The molecule has 3 heteroatoms. The lowest BCUT2D eigenvalue weighted by molar-refractivity contribution is 0.0411. The fourth-order valence-electron chi connectivity index (χ4n) is 2.51. The molecule has 2 rings (SSSR count). The molecule has 0 amide bonds. The molecule has 1 aromatic carbocycles. The van der Waals surface area contributed by atoms with Gasteiger partial charge < -0.3 is 9.64 Å². The van der Waals surface area contributed by atoms with E-state index in [4.69, 9.17) is 10.00 Å². The monoisotopic (exact) mass is 244 g/mol. The fraction of sp³-hybridized carbons (Fsp3) is 0.533. The molecule has 1 aromatic rings. The highest BCUT2D eigenvalue weighted by Gasteiger charge is 2.16. The predicted molar refractivity (Wildman–Crippen MR) is 71.0 cm³/mol. The first kappa shape index (κ1) is 13.1. The van der Waals surface area contributed by atoms with Crippen LogP contribution in [0.15, 0.2) is 24.3 Å². The van der Waals surface area contributed by atoms with Gasteiger partial charge in [-0.05, 0) is 37.4 Å².